The van der Waals surface area contributed by atoms with Gasteiger partial charge in [-0.3, -0.25) is 4.79 Å². The first-order valence-electron chi connectivity index (χ1n) is 19.9. The lowest BCUT2D eigenvalue weighted by atomic mass is 9.12. The van der Waals surface area contributed by atoms with E-state index in [0.717, 1.165) is 0 Å². The van der Waals surface area contributed by atoms with E-state index in [2.05, 4.69) is 4.98 Å². The summed E-state index contributed by atoms with van der Waals surface area (Å²) in [6.07, 6.45) is -50.7. The second kappa shape index (κ2) is 20.1. The van der Waals surface area contributed by atoms with Crippen molar-refractivity contribution in [3.8, 4) is 0 Å². The van der Waals surface area contributed by atoms with Crippen LogP contribution in [0.15, 0.2) is 122 Å². The van der Waals surface area contributed by atoms with Gasteiger partial charge in [-0.15, -0.1) is 0 Å². The van der Waals surface area contributed by atoms with Gasteiger partial charge >= 0.3 is 55.2 Å². The van der Waals surface area contributed by atoms with Crippen molar-refractivity contribution < 1.29 is 120 Å². The molecule has 0 atom stereocenters. The Kier molecular flexibility index (Phi) is 15.7. The molecule has 0 saturated heterocycles. The van der Waals surface area contributed by atoms with Gasteiger partial charge in [0.25, 0.3) is 6.20 Å². The molecule has 5 aromatic carbocycles. The Hall–Kier alpha value is -7.37. The summed E-state index contributed by atoms with van der Waals surface area (Å²) in [5.74, 6) is -0.389. The monoisotopic (exact) mass is 1110 g/mol. The van der Waals surface area contributed by atoms with Crippen LogP contribution in [0.25, 0.3) is 0 Å². The SMILES string of the molecule is FC(F)(F)c1cc([B-](c2cc(C(F)(F)F)cc(C(F)(F)F)c2)(c2cc(C(F)(F)F)cc(C(F)(F)F)c2)c2cc(C(F)(F)F)cc(C(F)(F)F)c2)cc(C(F)(F)F)c1.O=C(C[n+]1ccnc([N+](=O)[O-])c1)c1ccccc1. The molecule has 0 aliphatic heterocycles. The topological polar surface area (TPSA) is 77.0 Å². The standard InChI is InChI=1S/C32H12BF24.C12H10N3O3/c34-25(35,36)13-1-14(26(37,38)39)6-21(5-13)33(22-7-15(27(40,41)42)2-16(8-22)28(43,44)45,23-9-17(29(46,47)48)3-18(10-23)30(49,50)51)24-11-19(31(52,53)54)4-20(12-24)32(55,56)57;16-11(10-4-2-1-3-5-10)8-14-7-6-13-12(9-14)15(17)18/h1-12H;1-7,9H,8H2/q-1;+1. The van der Waals surface area contributed by atoms with E-state index in [-0.39, 0.29) is 18.1 Å². The second-order valence-corrected chi connectivity index (χ2v) is 15.9. The molecule has 402 valence electrons. The highest BCUT2D eigenvalue weighted by Gasteiger charge is 2.47. The smallest absolute Gasteiger partial charge is 0.358 e. The number of ketones is 1. The van der Waals surface area contributed by atoms with Gasteiger partial charge in [-0.2, -0.15) is 132 Å². The lowest BCUT2D eigenvalue weighted by Gasteiger charge is -2.46. The van der Waals surface area contributed by atoms with Crippen LogP contribution in [0.5, 0.6) is 0 Å². The molecule has 6 nitrogen and oxygen atoms in total. The molecular formula is C44H22BF24N3O3. The number of Topliss-reactive ketones (excluding diaryl/α,β-unsaturated/α-hetero) is 1. The number of carbonyl (C=O) groups excluding carboxylic acids is 1. The van der Waals surface area contributed by atoms with Crippen molar-refractivity contribution in [1.29, 1.82) is 0 Å². The maximum atomic E-state index is 14.2. The van der Waals surface area contributed by atoms with E-state index < -0.39 is 200 Å². The van der Waals surface area contributed by atoms with E-state index in [1.165, 1.54) is 23.2 Å². The minimum Gasteiger partial charge on any atom is -0.358 e. The molecule has 0 fully saturated rings. The number of aromatic nitrogens is 2. The van der Waals surface area contributed by atoms with Crippen molar-refractivity contribution in [3.05, 3.63) is 182 Å². The Morgan fingerprint density at radius 1 is 0.440 bits per heavy atom. The molecule has 31 heteroatoms. The molecule has 0 aliphatic carbocycles. The Morgan fingerprint density at radius 3 is 0.920 bits per heavy atom. The van der Waals surface area contributed by atoms with Crippen LogP contribution in [-0.2, 0) is 56.0 Å². The zero-order valence-corrected chi connectivity index (χ0v) is 36.0. The van der Waals surface area contributed by atoms with Crippen LogP contribution in [-0.4, -0.2) is 21.8 Å². The molecule has 1 aromatic heterocycles. The first-order chi connectivity index (χ1) is 33.9. The second-order valence-electron chi connectivity index (χ2n) is 15.9. The van der Waals surface area contributed by atoms with Crippen molar-refractivity contribution in [2.45, 2.75) is 56.0 Å². The van der Waals surface area contributed by atoms with Crippen LogP contribution in [0.4, 0.5) is 111 Å². The molecule has 0 amide bonds. The van der Waals surface area contributed by atoms with E-state index in [0.29, 0.717) is 5.56 Å². The summed E-state index contributed by atoms with van der Waals surface area (Å²) in [6, 6.07) is -0.0345. The number of benzene rings is 5. The molecule has 0 saturated carbocycles. The first kappa shape index (κ1) is 58.5. The minimum atomic E-state index is -6.13. The van der Waals surface area contributed by atoms with E-state index >= 15 is 0 Å². The van der Waals surface area contributed by atoms with Gasteiger partial charge in [0.15, 0.2) is 0 Å². The number of alkyl halides is 24. The molecule has 0 bridgehead atoms. The predicted molar refractivity (Wildman–Crippen MR) is 212 cm³/mol. The van der Waals surface area contributed by atoms with Crippen molar-refractivity contribution in [2.24, 2.45) is 0 Å². The number of halogens is 24. The molecule has 75 heavy (non-hydrogen) atoms. The average Bonchev–Trinajstić information content (AvgIpc) is 3.27. The lowest BCUT2D eigenvalue weighted by Crippen LogP contribution is -2.75. The molecule has 0 aliphatic rings. The Balaban J connectivity index is 0.000000483. The molecule has 0 spiro atoms. The fraction of sp³-hybridized carbons (Fsp3) is 0.205. The summed E-state index contributed by atoms with van der Waals surface area (Å²) in [4.78, 5) is 25.4. The maximum absolute atomic E-state index is 14.2. The summed E-state index contributed by atoms with van der Waals surface area (Å²) in [5, 5.41) is 10.6. The van der Waals surface area contributed by atoms with E-state index in [4.69, 9.17) is 0 Å². The minimum absolute atomic E-state index is 0.0490. The number of nitro groups is 1. The summed E-state index contributed by atoms with van der Waals surface area (Å²) in [5.41, 5.74) is -29.6. The van der Waals surface area contributed by atoms with Crippen LogP contribution < -0.4 is 26.4 Å². The van der Waals surface area contributed by atoms with Crippen molar-refractivity contribution in [2.75, 3.05) is 0 Å². The van der Waals surface area contributed by atoms with Gasteiger partial charge in [0.2, 0.25) is 24.7 Å². The predicted octanol–water partition coefficient (Wildman–Crippen LogP) is 12.4. The van der Waals surface area contributed by atoms with Crippen molar-refractivity contribution >= 4 is 39.6 Å². The third kappa shape index (κ3) is 13.7. The van der Waals surface area contributed by atoms with Gasteiger partial charge in [0, 0.05) is 5.56 Å². The quantitative estimate of drug-likeness (QED) is 0.0380. The van der Waals surface area contributed by atoms with Crippen molar-refractivity contribution in [1.82, 2.24) is 4.98 Å². The summed E-state index contributed by atoms with van der Waals surface area (Å²) in [7, 11) is 0. The number of rotatable bonds is 8. The molecule has 0 unspecified atom stereocenters. The fourth-order valence-electron chi connectivity index (χ4n) is 7.56. The van der Waals surface area contributed by atoms with Gasteiger partial charge in [0.1, 0.15) is 6.15 Å². The van der Waals surface area contributed by atoms with E-state index in [9.17, 15) is 120 Å². The number of hydrogen-bond donors (Lipinski definition) is 0. The van der Waals surface area contributed by atoms with Crippen LogP contribution in [0, 0.1) is 10.1 Å². The van der Waals surface area contributed by atoms with E-state index in [1.807, 2.05) is 6.07 Å². The van der Waals surface area contributed by atoms with Gasteiger partial charge in [-0.05, 0) is 34.2 Å². The summed E-state index contributed by atoms with van der Waals surface area (Å²) in [6.45, 7) is 0.0490. The van der Waals surface area contributed by atoms with Crippen molar-refractivity contribution in [3.63, 3.8) is 0 Å². The third-order valence-electron chi connectivity index (χ3n) is 10.8. The summed E-state index contributed by atoms with van der Waals surface area (Å²) >= 11 is 0. The third-order valence-corrected chi connectivity index (χ3v) is 10.8. The van der Waals surface area contributed by atoms with E-state index in [1.54, 1.807) is 24.3 Å². The number of hydrogen-bond acceptors (Lipinski definition) is 4. The molecule has 1 heterocycles. The zero-order chi connectivity index (χ0) is 56.9. The van der Waals surface area contributed by atoms with Gasteiger partial charge < -0.3 is 10.1 Å². The fourth-order valence-corrected chi connectivity index (χ4v) is 7.56. The molecule has 6 aromatic rings. The van der Waals surface area contributed by atoms with Crippen LogP contribution in [0.3, 0.4) is 0 Å². The zero-order valence-electron chi connectivity index (χ0n) is 36.0. The molecule has 0 N–H and O–H groups in total. The van der Waals surface area contributed by atoms with Gasteiger partial charge in [0.05, 0.1) is 44.5 Å². The molecule has 0 radical (unpaired) electrons. The Labute approximate surface area is 401 Å². The first-order valence-corrected chi connectivity index (χ1v) is 19.9. The average molecular weight is 1110 g/mol. The number of carbonyl (C=O) groups is 1. The summed E-state index contributed by atoms with van der Waals surface area (Å²) < 4.78 is 342. The highest BCUT2D eigenvalue weighted by Crippen LogP contribution is 2.41. The van der Waals surface area contributed by atoms with Gasteiger partial charge in [-0.25, -0.2) is 0 Å². The highest BCUT2D eigenvalue weighted by molar-refractivity contribution is 7.20. The molecule has 6 rings (SSSR count). The maximum Gasteiger partial charge on any atom is 0.428 e. The van der Waals surface area contributed by atoms with Crippen LogP contribution >= 0.6 is 0 Å². The van der Waals surface area contributed by atoms with Crippen LogP contribution in [0.1, 0.15) is 54.9 Å². The molecular weight excluding hydrogens is 1090 g/mol. The normalized spacial score (nSPS) is 13.3. The Morgan fingerprint density at radius 2 is 0.693 bits per heavy atom. The highest BCUT2D eigenvalue weighted by atomic mass is 19.4. The number of nitrogens with zero attached hydrogens (tertiary/aromatic N) is 3. The Bertz CT molecular complexity index is 2640. The largest absolute Gasteiger partial charge is 0.428 e. The van der Waals surface area contributed by atoms with Crippen LogP contribution in [0.2, 0.25) is 0 Å². The van der Waals surface area contributed by atoms with Gasteiger partial charge in [-0.1, -0.05) is 78.9 Å². The lowest BCUT2D eigenvalue weighted by molar-refractivity contribution is -0.686.